The highest BCUT2D eigenvalue weighted by Crippen LogP contribution is 2.35. The molecule has 1 heterocycles. The largest absolute Gasteiger partial charge is 0.490 e. The lowest BCUT2D eigenvalue weighted by Gasteiger charge is -2.15. The SMILES string of the molecule is CCOc1ccc(Cc2nc(C)cc3cc(OCC)c(OCC)cc23)cc1OCC. The van der Waals surface area contributed by atoms with Gasteiger partial charge in [-0.25, -0.2) is 0 Å². The zero-order chi connectivity index (χ0) is 21.5. The van der Waals surface area contributed by atoms with Crippen LogP contribution in [-0.4, -0.2) is 31.4 Å². The standard InChI is InChI=1S/C25H31NO4/c1-6-27-22-11-10-18(14-23(22)28-7-2)13-21-20-16-25(30-9-4)24(29-8-3)15-19(20)12-17(5)26-21/h10-12,14-16H,6-9,13H2,1-5H3. The van der Waals surface area contributed by atoms with Crippen molar-refractivity contribution in [1.82, 2.24) is 4.98 Å². The van der Waals surface area contributed by atoms with E-state index >= 15 is 0 Å². The van der Waals surface area contributed by atoms with E-state index in [1.54, 1.807) is 0 Å². The van der Waals surface area contributed by atoms with E-state index in [9.17, 15) is 0 Å². The number of pyridine rings is 1. The van der Waals surface area contributed by atoms with Crippen LogP contribution < -0.4 is 18.9 Å². The molecule has 0 saturated carbocycles. The van der Waals surface area contributed by atoms with Crippen LogP contribution in [-0.2, 0) is 6.42 Å². The Morgan fingerprint density at radius 3 is 1.87 bits per heavy atom. The average molecular weight is 410 g/mol. The highest BCUT2D eigenvalue weighted by Gasteiger charge is 2.14. The maximum atomic E-state index is 5.84. The van der Waals surface area contributed by atoms with Gasteiger partial charge in [-0.15, -0.1) is 0 Å². The third kappa shape index (κ3) is 4.96. The number of hydrogen-bond acceptors (Lipinski definition) is 5. The first kappa shape index (κ1) is 21.8. The number of rotatable bonds is 10. The number of nitrogens with zero attached hydrogens (tertiary/aromatic N) is 1. The van der Waals surface area contributed by atoms with Crippen molar-refractivity contribution < 1.29 is 18.9 Å². The van der Waals surface area contributed by atoms with Gasteiger partial charge in [-0.3, -0.25) is 4.98 Å². The van der Waals surface area contributed by atoms with Crippen molar-refractivity contribution in [3.63, 3.8) is 0 Å². The summed E-state index contributed by atoms with van der Waals surface area (Å²) in [6, 6.07) is 12.3. The van der Waals surface area contributed by atoms with E-state index in [0.717, 1.165) is 50.7 Å². The fraction of sp³-hybridized carbons (Fsp3) is 0.400. The van der Waals surface area contributed by atoms with Crippen LogP contribution in [0.4, 0.5) is 0 Å². The van der Waals surface area contributed by atoms with Crippen LogP contribution in [0, 0.1) is 6.92 Å². The van der Waals surface area contributed by atoms with Gasteiger partial charge in [0.05, 0.1) is 32.1 Å². The first-order valence-electron chi connectivity index (χ1n) is 10.7. The Hall–Kier alpha value is -2.95. The summed E-state index contributed by atoms with van der Waals surface area (Å²) >= 11 is 0. The highest BCUT2D eigenvalue weighted by molar-refractivity contribution is 5.88. The lowest BCUT2D eigenvalue weighted by atomic mass is 10.0. The number of hydrogen-bond donors (Lipinski definition) is 0. The van der Waals surface area contributed by atoms with Gasteiger partial charge in [-0.05, 0) is 75.9 Å². The van der Waals surface area contributed by atoms with Gasteiger partial charge in [-0.2, -0.15) is 0 Å². The molecule has 0 aliphatic heterocycles. The van der Waals surface area contributed by atoms with Gasteiger partial charge < -0.3 is 18.9 Å². The van der Waals surface area contributed by atoms with Gasteiger partial charge in [0.1, 0.15) is 0 Å². The fourth-order valence-electron chi connectivity index (χ4n) is 3.55. The molecular weight excluding hydrogens is 378 g/mol. The van der Waals surface area contributed by atoms with Gasteiger partial charge in [0.2, 0.25) is 0 Å². The highest BCUT2D eigenvalue weighted by atomic mass is 16.5. The van der Waals surface area contributed by atoms with E-state index in [0.29, 0.717) is 32.8 Å². The molecule has 0 spiro atoms. The van der Waals surface area contributed by atoms with Crippen molar-refractivity contribution in [3.8, 4) is 23.0 Å². The molecule has 30 heavy (non-hydrogen) atoms. The predicted molar refractivity (Wildman–Crippen MR) is 120 cm³/mol. The molecule has 0 N–H and O–H groups in total. The molecule has 1 aromatic heterocycles. The van der Waals surface area contributed by atoms with Gasteiger partial charge in [0.25, 0.3) is 0 Å². The van der Waals surface area contributed by atoms with Crippen molar-refractivity contribution in [2.45, 2.75) is 41.0 Å². The summed E-state index contributed by atoms with van der Waals surface area (Å²) in [5.41, 5.74) is 3.09. The van der Waals surface area contributed by atoms with E-state index in [1.807, 2.05) is 58.9 Å². The maximum absolute atomic E-state index is 5.84. The average Bonchev–Trinajstić information content (AvgIpc) is 2.71. The number of benzene rings is 2. The zero-order valence-electron chi connectivity index (χ0n) is 18.6. The van der Waals surface area contributed by atoms with Crippen LogP contribution in [0.2, 0.25) is 0 Å². The lowest BCUT2D eigenvalue weighted by Crippen LogP contribution is -2.02. The second-order valence-corrected chi connectivity index (χ2v) is 6.92. The molecule has 0 aliphatic rings. The second kappa shape index (κ2) is 10.2. The van der Waals surface area contributed by atoms with Crippen molar-refractivity contribution in [1.29, 1.82) is 0 Å². The molecule has 3 rings (SSSR count). The number of fused-ring (bicyclic) bond motifs is 1. The van der Waals surface area contributed by atoms with E-state index in [-0.39, 0.29) is 0 Å². The molecule has 0 atom stereocenters. The number of ether oxygens (including phenoxy) is 4. The molecule has 0 unspecified atom stereocenters. The Labute approximate surface area is 178 Å². The molecule has 3 aromatic rings. The number of aryl methyl sites for hydroxylation is 1. The molecule has 0 bridgehead atoms. The molecule has 0 amide bonds. The van der Waals surface area contributed by atoms with Gasteiger partial charge in [0.15, 0.2) is 23.0 Å². The fourth-order valence-corrected chi connectivity index (χ4v) is 3.55. The summed E-state index contributed by atoms with van der Waals surface area (Å²) in [7, 11) is 0. The van der Waals surface area contributed by atoms with Crippen molar-refractivity contribution in [2.24, 2.45) is 0 Å². The summed E-state index contributed by atoms with van der Waals surface area (Å²) in [4.78, 5) is 4.84. The number of aromatic nitrogens is 1. The van der Waals surface area contributed by atoms with Crippen LogP contribution >= 0.6 is 0 Å². The van der Waals surface area contributed by atoms with Gasteiger partial charge in [-0.1, -0.05) is 6.07 Å². The Morgan fingerprint density at radius 1 is 0.667 bits per heavy atom. The molecule has 2 aromatic carbocycles. The van der Waals surface area contributed by atoms with Crippen molar-refractivity contribution in [2.75, 3.05) is 26.4 Å². The van der Waals surface area contributed by atoms with Crippen molar-refractivity contribution >= 4 is 10.8 Å². The summed E-state index contributed by atoms with van der Waals surface area (Å²) in [5, 5.41) is 2.17. The molecule has 0 radical (unpaired) electrons. The third-order valence-corrected chi connectivity index (χ3v) is 4.68. The molecule has 5 nitrogen and oxygen atoms in total. The van der Waals surface area contributed by atoms with E-state index in [2.05, 4.69) is 12.1 Å². The second-order valence-electron chi connectivity index (χ2n) is 6.92. The van der Waals surface area contributed by atoms with Crippen LogP contribution in [0.1, 0.15) is 44.6 Å². The van der Waals surface area contributed by atoms with Gasteiger partial charge >= 0.3 is 0 Å². The van der Waals surface area contributed by atoms with Crippen LogP contribution in [0.15, 0.2) is 36.4 Å². The Morgan fingerprint density at radius 2 is 1.23 bits per heavy atom. The van der Waals surface area contributed by atoms with E-state index in [1.165, 1.54) is 0 Å². The van der Waals surface area contributed by atoms with Crippen LogP contribution in [0.3, 0.4) is 0 Å². The molecule has 0 fully saturated rings. The van der Waals surface area contributed by atoms with Crippen LogP contribution in [0.5, 0.6) is 23.0 Å². The lowest BCUT2D eigenvalue weighted by molar-refractivity contribution is 0.287. The molecule has 160 valence electrons. The summed E-state index contributed by atoms with van der Waals surface area (Å²) in [6.07, 6.45) is 0.685. The molecule has 5 heteroatoms. The third-order valence-electron chi connectivity index (χ3n) is 4.68. The summed E-state index contributed by atoms with van der Waals surface area (Å²) in [5.74, 6) is 3.05. The van der Waals surface area contributed by atoms with E-state index < -0.39 is 0 Å². The minimum atomic E-state index is 0.580. The Kier molecular flexibility index (Phi) is 7.39. The monoisotopic (exact) mass is 409 g/mol. The first-order valence-corrected chi connectivity index (χ1v) is 10.7. The van der Waals surface area contributed by atoms with Crippen LogP contribution in [0.25, 0.3) is 10.8 Å². The Bertz CT molecular complexity index is 1000. The van der Waals surface area contributed by atoms with Gasteiger partial charge in [0, 0.05) is 17.5 Å². The minimum Gasteiger partial charge on any atom is -0.490 e. The maximum Gasteiger partial charge on any atom is 0.161 e. The van der Waals surface area contributed by atoms with Crippen molar-refractivity contribution in [3.05, 3.63) is 53.3 Å². The summed E-state index contributed by atoms with van der Waals surface area (Å²) < 4.78 is 23.1. The predicted octanol–water partition coefficient (Wildman–Crippen LogP) is 5.73. The van der Waals surface area contributed by atoms with E-state index in [4.69, 9.17) is 23.9 Å². The smallest absolute Gasteiger partial charge is 0.161 e. The molecule has 0 saturated heterocycles. The normalized spacial score (nSPS) is 10.8. The summed E-state index contributed by atoms with van der Waals surface area (Å²) in [6.45, 7) is 12.3. The topological polar surface area (TPSA) is 49.8 Å². The first-order chi connectivity index (χ1) is 14.6. The molecule has 0 aliphatic carbocycles. The molecular formula is C25H31NO4. The minimum absolute atomic E-state index is 0.580. The Balaban J connectivity index is 2.05. The zero-order valence-corrected chi connectivity index (χ0v) is 18.6. The quantitative estimate of drug-likeness (QED) is 0.428.